The van der Waals surface area contributed by atoms with Crippen LogP contribution < -0.4 is 26.0 Å². The molecule has 1 aliphatic rings. The fraction of sp³-hybridized carbons (Fsp3) is 0.357. The summed E-state index contributed by atoms with van der Waals surface area (Å²) in [4.78, 5) is 35.0. The van der Waals surface area contributed by atoms with Gasteiger partial charge in [0.2, 0.25) is 11.8 Å². The number of benzene rings is 1. The summed E-state index contributed by atoms with van der Waals surface area (Å²) < 4.78 is 5.01. The van der Waals surface area contributed by atoms with Gasteiger partial charge in [-0.25, -0.2) is 4.79 Å². The number of hydrogen-bond donors (Lipinski definition) is 5. The van der Waals surface area contributed by atoms with Gasteiger partial charge in [-0.1, -0.05) is 0 Å². The summed E-state index contributed by atoms with van der Waals surface area (Å²) in [7, 11) is 1.53. The number of anilines is 1. The molecule has 9 nitrogen and oxygen atoms in total. The molecule has 2 atom stereocenters. The van der Waals surface area contributed by atoms with E-state index in [0.717, 1.165) is 0 Å². The van der Waals surface area contributed by atoms with Crippen molar-refractivity contribution in [1.29, 1.82) is 0 Å². The number of nitrogens with one attached hydrogen (secondary N) is 4. The lowest BCUT2D eigenvalue weighted by molar-refractivity contribution is -0.128. The van der Waals surface area contributed by atoms with Crippen molar-refractivity contribution in [2.75, 3.05) is 25.6 Å². The molecule has 1 saturated heterocycles. The highest BCUT2D eigenvalue weighted by Gasteiger charge is 2.30. The van der Waals surface area contributed by atoms with Crippen LogP contribution in [-0.4, -0.2) is 55.3 Å². The Labute approximate surface area is 132 Å². The summed E-state index contributed by atoms with van der Waals surface area (Å²) in [6, 6.07) is 4.26. The van der Waals surface area contributed by atoms with E-state index < -0.39 is 36.5 Å². The monoisotopic (exact) mass is 322 g/mol. The normalized spacial score (nSPS) is 17.7. The summed E-state index contributed by atoms with van der Waals surface area (Å²) in [5.74, 6) is -0.477. The summed E-state index contributed by atoms with van der Waals surface area (Å²) in [6.07, 6.45) is 0. The third kappa shape index (κ3) is 4.33. The van der Waals surface area contributed by atoms with E-state index in [1.807, 2.05) is 0 Å². The van der Waals surface area contributed by atoms with Gasteiger partial charge >= 0.3 is 6.03 Å². The second-order valence-electron chi connectivity index (χ2n) is 4.87. The smallest absolute Gasteiger partial charge is 0.315 e. The van der Waals surface area contributed by atoms with Crippen LogP contribution in [0.2, 0.25) is 0 Å². The minimum Gasteiger partial charge on any atom is -0.497 e. The molecule has 124 valence electrons. The second-order valence-corrected chi connectivity index (χ2v) is 4.87. The summed E-state index contributed by atoms with van der Waals surface area (Å²) in [6.45, 7) is -0.440. The van der Waals surface area contributed by atoms with Gasteiger partial charge in [-0.3, -0.25) is 9.59 Å². The van der Waals surface area contributed by atoms with Gasteiger partial charge in [0.05, 0.1) is 13.7 Å². The minimum absolute atomic E-state index is 0.128. The Morgan fingerprint density at radius 1 is 1.39 bits per heavy atom. The maximum absolute atomic E-state index is 12.1. The van der Waals surface area contributed by atoms with E-state index in [2.05, 4.69) is 21.3 Å². The Hall–Kier alpha value is -2.81. The SMILES string of the molecule is COc1ccc(NC(=O)C(CO)NC(=O)C2CNC(=O)N2)cc1. The molecule has 1 aromatic carbocycles. The molecule has 1 aromatic rings. The molecule has 0 aliphatic carbocycles. The molecule has 0 spiro atoms. The van der Waals surface area contributed by atoms with Gasteiger partial charge in [0.25, 0.3) is 0 Å². The van der Waals surface area contributed by atoms with Crippen molar-refractivity contribution in [2.24, 2.45) is 0 Å². The summed E-state index contributed by atoms with van der Waals surface area (Å²) in [5, 5.41) is 19.1. The molecule has 1 fully saturated rings. The Morgan fingerprint density at radius 2 is 2.09 bits per heavy atom. The quantitative estimate of drug-likeness (QED) is 0.449. The molecule has 0 saturated carbocycles. The molecule has 0 radical (unpaired) electrons. The number of carbonyl (C=O) groups excluding carboxylic acids is 3. The number of aliphatic hydroxyl groups is 1. The van der Waals surface area contributed by atoms with Gasteiger partial charge in [-0.2, -0.15) is 0 Å². The average molecular weight is 322 g/mol. The van der Waals surface area contributed by atoms with Crippen LogP contribution in [0, 0.1) is 0 Å². The number of carbonyl (C=O) groups is 3. The van der Waals surface area contributed by atoms with Crippen LogP contribution in [0.15, 0.2) is 24.3 Å². The van der Waals surface area contributed by atoms with E-state index in [0.29, 0.717) is 11.4 Å². The highest BCUT2D eigenvalue weighted by atomic mass is 16.5. The molecule has 4 amide bonds. The standard InChI is InChI=1S/C14H18N4O5/c1-23-9-4-2-8(3-5-9)16-13(21)11(7-19)17-12(20)10-6-15-14(22)18-10/h2-5,10-11,19H,6-7H2,1H3,(H,16,21)(H,17,20)(H2,15,18,22). The lowest BCUT2D eigenvalue weighted by Crippen LogP contribution is -2.52. The maximum atomic E-state index is 12.1. The molecule has 5 N–H and O–H groups in total. The molecule has 9 heteroatoms. The van der Waals surface area contributed by atoms with Crippen LogP contribution in [0.4, 0.5) is 10.5 Å². The Morgan fingerprint density at radius 3 is 2.61 bits per heavy atom. The molecule has 1 heterocycles. The molecule has 0 bridgehead atoms. The van der Waals surface area contributed by atoms with Crippen molar-refractivity contribution >= 4 is 23.5 Å². The Bertz CT molecular complexity index is 589. The van der Waals surface area contributed by atoms with Gasteiger partial charge in [0.1, 0.15) is 17.8 Å². The van der Waals surface area contributed by atoms with Crippen molar-refractivity contribution in [1.82, 2.24) is 16.0 Å². The highest BCUT2D eigenvalue weighted by Crippen LogP contribution is 2.15. The van der Waals surface area contributed by atoms with Crippen molar-refractivity contribution in [2.45, 2.75) is 12.1 Å². The van der Waals surface area contributed by atoms with Crippen LogP contribution in [-0.2, 0) is 9.59 Å². The summed E-state index contributed by atoms with van der Waals surface area (Å²) in [5.41, 5.74) is 0.499. The van der Waals surface area contributed by atoms with Crippen LogP contribution in [0.1, 0.15) is 0 Å². The van der Waals surface area contributed by atoms with Gasteiger partial charge in [-0.05, 0) is 24.3 Å². The van der Waals surface area contributed by atoms with Crippen molar-refractivity contribution in [3.8, 4) is 5.75 Å². The molecule has 2 unspecified atom stereocenters. The summed E-state index contributed by atoms with van der Waals surface area (Å²) >= 11 is 0. The molecule has 2 rings (SSSR count). The minimum atomic E-state index is -1.12. The zero-order valence-electron chi connectivity index (χ0n) is 12.5. The van der Waals surface area contributed by atoms with Gasteiger partial charge < -0.3 is 31.1 Å². The number of ether oxygens (including phenoxy) is 1. The van der Waals surface area contributed by atoms with E-state index in [4.69, 9.17) is 4.74 Å². The predicted molar refractivity (Wildman–Crippen MR) is 81.0 cm³/mol. The molecule has 23 heavy (non-hydrogen) atoms. The largest absolute Gasteiger partial charge is 0.497 e. The number of aliphatic hydroxyl groups excluding tert-OH is 1. The first-order chi connectivity index (χ1) is 11.0. The number of urea groups is 1. The zero-order valence-corrected chi connectivity index (χ0v) is 12.5. The molecular formula is C14H18N4O5. The van der Waals surface area contributed by atoms with E-state index in [1.165, 1.54) is 7.11 Å². The van der Waals surface area contributed by atoms with Crippen molar-refractivity contribution in [3.63, 3.8) is 0 Å². The number of methoxy groups -OCH3 is 1. The number of hydrogen-bond acceptors (Lipinski definition) is 5. The second kappa shape index (κ2) is 7.45. The fourth-order valence-corrected chi connectivity index (χ4v) is 1.98. The fourth-order valence-electron chi connectivity index (χ4n) is 1.98. The predicted octanol–water partition coefficient (Wildman–Crippen LogP) is -1.21. The van der Waals surface area contributed by atoms with Gasteiger partial charge in [-0.15, -0.1) is 0 Å². The number of amides is 4. The van der Waals surface area contributed by atoms with Crippen LogP contribution in [0.5, 0.6) is 5.75 Å². The van der Waals surface area contributed by atoms with Crippen molar-refractivity contribution < 1.29 is 24.2 Å². The molecule has 0 aromatic heterocycles. The Balaban J connectivity index is 1.92. The lowest BCUT2D eigenvalue weighted by atomic mass is 10.2. The maximum Gasteiger partial charge on any atom is 0.315 e. The first-order valence-electron chi connectivity index (χ1n) is 6.94. The van der Waals surface area contributed by atoms with Crippen LogP contribution in [0.3, 0.4) is 0 Å². The lowest BCUT2D eigenvalue weighted by Gasteiger charge is -2.18. The third-order valence-corrected chi connectivity index (χ3v) is 3.26. The van der Waals surface area contributed by atoms with Crippen LogP contribution in [0.25, 0.3) is 0 Å². The topological polar surface area (TPSA) is 129 Å². The van der Waals surface area contributed by atoms with E-state index in [1.54, 1.807) is 24.3 Å². The van der Waals surface area contributed by atoms with Gasteiger partial charge in [0.15, 0.2) is 0 Å². The first-order valence-corrected chi connectivity index (χ1v) is 6.94. The third-order valence-electron chi connectivity index (χ3n) is 3.26. The van der Waals surface area contributed by atoms with Crippen LogP contribution >= 0.6 is 0 Å². The first kappa shape index (κ1) is 16.6. The molecule has 1 aliphatic heterocycles. The molecular weight excluding hydrogens is 304 g/mol. The van der Waals surface area contributed by atoms with E-state index in [9.17, 15) is 19.5 Å². The van der Waals surface area contributed by atoms with Crippen molar-refractivity contribution in [3.05, 3.63) is 24.3 Å². The average Bonchev–Trinajstić information content (AvgIpc) is 2.99. The zero-order chi connectivity index (χ0) is 16.8. The van der Waals surface area contributed by atoms with Gasteiger partial charge in [0, 0.05) is 12.2 Å². The van der Waals surface area contributed by atoms with E-state index >= 15 is 0 Å². The highest BCUT2D eigenvalue weighted by molar-refractivity contribution is 5.99. The number of rotatable bonds is 6. The van der Waals surface area contributed by atoms with E-state index in [-0.39, 0.29) is 6.54 Å². The Kier molecular flexibility index (Phi) is 5.36.